The number of furan rings is 1. The summed E-state index contributed by atoms with van der Waals surface area (Å²) in [5.41, 5.74) is 1.80. The maximum Gasteiger partial charge on any atom is 0.408 e. The number of alkyl carbamates (subject to hydrolysis) is 1. The number of carbonyl (C=O) groups excluding carboxylic acids is 2. The maximum absolute atomic E-state index is 12.5. The SMILES string of the molecule is C=CCOC(=O)NC(/C(C(=O)OC)=C(\C)NCc1ccccc1)c1ccco1. The molecule has 1 unspecified atom stereocenters. The molecule has 0 aliphatic carbocycles. The van der Waals surface area contributed by atoms with Gasteiger partial charge < -0.3 is 24.5 Å². The van der Waals surface area contributed by atoms with Crippen LogP contribution in [0.25, 0.3) is 0 Å². The van der Waals surface area contributed by atoms with Gasteiger partial charge >= 0.3 is 12.1 Å². The summed E-state index contributed by atoms with van der Waals surface area (Å²) in [4.78, 5) is 24.6. The number of benzene rings is 1. The van der Waals surface area contributed by atoms with Gasteiger partial charge in [0.05, 0.1) is 18.9 Å². The van der Waals surface area contributed by atoms with Crippen LogP contribution in [0.4, 0.5) is 4.79 Å². The highest BCUT2D eigenvalue weighted by atomic mass is 16.5. The monoisotopic (exact) mass is 384 g/mol. The minimum Gasteiger partial charge on any atom is -0.467 e. The number of ether oxygens (including phenoxy) is 2. The summed E-state index contributed by atoms with van der Waals surface area (Å²) in [6, 6.07) is 12.2. The lowest BCUT2D eigenvalue weighted by Crippen LogP contribution is -2.34. The lowest BCUT2D eigenvalue weighted by molar-refractivity contribution is -0.136. The van der Waals surface area contributed by atoms with E-state index < -0.39 is 18.1 Å². The van der Waals surface area contributed by atoms with Gasteiger partial charge in [-0.3, -0.25) is 0 Å². The summed E-state index contributed by atoms with van der Waals surface area (Å²) in [6.07, 6.45) is 2.20. The van der Waals surface area contributed by atoms with Crippen LogP contribution >= 0.6 is 0 Å². The van der Waals surface area contributed by atoms with Gasteiger partial charge in [0, 0.05) is 12.2 Å². The summed E-state index contributed by atoms with van der Waals surface area (Å²) < 4.78 is 15.4. The molecule has 0 saturated carbocycles. The van der Waals surface area contributed by atoms with E-state index in [0.717, 1.165) is 5.56 Å². The predicted octanol–water partition coefficient (Wildman–Crippen LogP) is 3.47. The quantitative estimate of drug-likeness (QED) is 0.391. The lowest BCUT2D eigenvalue weighted by atomic mass is 10.0. The lowest BCUT2D eigenvalue weighted by Gasteiger charge is -2.21. The first-order valence-electron chi connectivity index (χ1n) is 8.71. The third-order valence-electron chi connectivity index (χ3n) is 3.92. The highest BCUT2D eigenvalue weighted by Crippen LogP contribution is 2.26. The molecular weight excluding hydrogens is 360 g/mol. The Kier molecular flexibility index (Phi) is 7.90. The molecule has 0 saturated heterocycles. The Morgan fingerprint density at radius 1 is 1.21 bits per heavy atom. The van der Waals surface area contributed by atoms with Crippen molar-refractivity contribution < 1.29 is 23.5 Å². The molecule has 0 fully saturated rings. The van der Waals surface area contributed by atoms with E-state index in [9.17, 15) is 9.59 Å². The fourth-order valence-electron chi connectivity index (χ4n) is 2.56. The minimum atomic E-state index is -0.886. The fourth-order valence-corrected chi connectivity index (χ4v) is 2.56. The van der Waals surface area contributed by atoms with Crippen molar-refractivity contribution in [1.82, 2.24) is 10.6 Å². The number of hydrogen-bond acceptors (Lipinski definition) is 6. The molecule has 0 bridgehead atoms. The van der Waals surface area contributed by atoms with Crippen LogP contribution < -0.4 is 10.6 Å². The molecule has 28 heavy (non-hydrogen) atoms. The Labute approximate surface area is 164 Å². The Morgan fingerprint density at radius 3 is 2.57 bits per heavy atom. The van der Waals surface area contributed by atoms with Gasteiger partial charge in [-0.1, -0.05) is 43.0 Å². The first-order chi connectivity index (χ1) is 13.6. The topological polar surface area (TPSA) is 89.8 Å². The van der Waals surface area contributed by atoms with Crippen molar-refractivity contribution >= 4 is 12.1 Å². The van der Waals surface area contributed by atoms with Crippen LogP contribution in [-0.2, 0) is 20.8 Å². The molecule has 1 amide bonds. The molecule has 0 radical (unpaired) electrons. The van der Waals surface area contributed by atoms with Crippen molar-refractivity contribution in [3.8, 4) is 0 Å². The number of carbonyl (C=O) groups is 2. The first kappa shape index (κ1) is 20.8. The van der Waals surface area contributed by atoms with E-state index in [-0.39, 0.29) is 12.2 Å². The first-order valence-corrected chi connectivity index (χ1v) is 8.71. The third-order valence-corrected chi connectivity index (χ3v) is 3.92. The van der Waals surface area contributed by atoms with Crippen LogP contribution in [0.5, 0.6) is 0 Å². The highest BCUT2D eigenvalue weighted by Gasteiger charge is 2.30. The van der Waals surface area contributed by atoms with Gasteiger partial charge in [-0.25, -0.2) is 9.59 Å². The second kappa shape index (κ2) is 10.6. The molecule has 0 spiro atoms. The van der Waals surface area contributed by atoms with Crippen molar-refractivity contribution in [1.29, 1.82) is 0 Å². The van der Waals surface area contributed by atoms with E-state index >= 15 is 0 Å². The van der Waals surface area contributed by atoms with Crippen LogP contribution in [-0.4, -0.2) is 25.8 Å². The molecule has 7 nitrogen and oxygen atoms in total. The molecule has 148 valence electrons. The summed E-state index contributed by atoms with van der Waals surface area (Å²) in [7, 11) is 1.28. The second-order valence-electron chi connectivity index (χ2n) is 5.85. The largest absolute Gasteiger partial charge is 0.467 e. The van der Waals surface area contributed by atoms with Crippen LogP contribution in [0.1, 0.15) is 24.3 Å². The molecule has 7 heteroatoms. The summed E-state index contributed by atoms with van der Waals surface area (Å²) in [5.74, 6) is -0.222. The zero-order valence-electron chi connectivity index (χ0n) is 15.9. The molecule has 2 rings (SSSR count). The van der Waals surface area contributed by atoms with Crippen molar-refractivity contribution in [2.24, 2.45) is 0 Å². The number of hydrogen-bond donors (Lipinski definition) is 2. The molecule has 1 aromatic carbocycles. The van der Waals surface area contributed by atoms with Crippen molar-refractivity contribution in [3.05, 3.63) is 84.0 Å². The van der Waals surface area contributed by atoms with Gasteiger partial charge in [0.2, 0.25) is 0 Å². The van der Waals surface area contributed by atoms with E-state index in [1.807, 2.05) is 30.3 Å². The Morgan fingerprint density at radius 2 is 1.96 bits per heavy atom. The average Bonchev–Trinajstić information content (AvgIpc) is 3.25. The standard InChI is InChI=1S/C21H24N2O5/c1-4-12-28-21(25)23-19(17-11-8-13-27-17)18(20(24)26-3)15(2)22-14-16-9-6-5-7-10-16/h4-11,13,19,22H,1,12,14H2,2-3H3,(H,23,25)/b18-15-. The van der Waals surface area contributed by atoms with Gasteiger partial charge in [-0.05, 0) is 24.6 Å². The molecule has 0 aliphatic rings. The molecule has 2 aromatic rings. The van der Waals surface area contributed by atoms with Gasteiger partial charge in [0.25, 0.3) is 0 Å². The van der Waals surface area contributed by atoms with E-state index in [0.29, 0.717) is 18.0 Å². The predicted molar refractivity (Wildman–Crippen MR) is 104 cm³/mol. The normalized spacial score (nSPS) is 12.4. The van der Waals surface area contributed by atoms with Gasteiger partial charge in [-0.15, -0.1) is 0 Å². The molecule has 0 aliphatic heterocycles. The van der Waals surface area contributed by atoms with Crippen LogP contribution in [0.2, 0.25) is 0 Å². The minimum absolute atomic E-state index is 0.0409. The van der Waals surface area contributed by atoms with Crippen molar-refractivity contribution in [2.45, 2.75) is 19.5 Å². The molecule has 1 atom stereocenters. The summed E-state index contributed by atoms with van der Waals surface area (Å²) >= 11 is 0. The molecule has 1 heterocycles. The van der Waals surface area contributed by atoms with Gasteiger partial charge in [-0.2, -0.15) is 0 Å². The smallest absolute Gasteiger partial charge is 0.408 e. The number of allylic oxidation sites excluding steroid dienone is 1. The molecule has 2 N–H and O–H groups in total. The van der Waals surface area contributed by atoms with Gasteiger partial charge in [0.15, 0.2) is 0 Å². The number of esters is 1. The van der Waals surface area contributed by atoms with Crippen molar-refractivity contribution in [3.63, 3.8) is 0 Å². The zero-order chi connectivity index (χ0) is 20.4. The van der Waals surface area contributed by atoms with Crippen LogP contribution in [0, 0.1) is 0 Å². The Bertz CT molecular complexity index is 813. The maximum atomic E-state index is 12.5. The fraction of sp³-hybridized carbons (Fsp3) is 0.238. The van der Waals surface area contributed by atoms with E-state index in [4.69, 9.17) is 13.9 Å². The molecular formula is C21H24N2O5. The van der Waals surface area contributed by atoms with Crippen molar-refractivity contribution in [2.75, 3.05) is 13.7 Å². The number of methoxy groups -OCH3 is 1. The third kappa shape index (κ3) is 5.77. The molecule has 1 aromatic heterocycles. The summed E-state index contributed by atoms with van der Waals surface area (Å²) in [6.45, 7) is 5.78. The number of nitrogens with one attached hydrogen (secondary N) is 2. The Hall–Kier alpha value is -3.48. The summed E-state index contributed by atoms with van der Waals surface area (Å²) in [5, 5.41) is 5.85. The number of rotatable bonds is 9. The number of amides is 1. The van der Waals surface area contributed by atoms with Crippen LogP contribution in [0.3, 0.4) is 0 Å². The van der Waals surface area contributed by atoms with E-state index in [1.165, 1.54) is 19.4 Å². The van der Waals surface area contributed by atoms with Gasteiger partial charge in [0.1, 0.15) is 18.4 Å². The van der Waals surface area contributed by atoms with Crippen LogP contribution in [0.15, 0.2) is 77.1 Å². The highest BCUT2D eigenvalue weighted by molar-refractivity contribution is 5.91. The van der Waals surface area contributed by atoms with E-state index in [2.05, 4.69) is 17.2 Å². The Balaban J connectivity index is 2.32. The second-order valence-corrected chi connectivity index (χ2v) is 5.85. The van der Waals surface area contributed by atoms with E-state index in [1.54, 1.807) is 19.1 Å². The average molecular weight is 384 g/mol. The zero-order valence-corrected chi connectivity index (χ0v) is 15.9.